The van der Waals surface area contributed by atoms with E-state index in [9.17, 15) is 15.0 Å². The monoisotopic (exact) mass is 272 g/mol. The average molecular weight is 272 g/mol. The Bertz CT molecular complexity index is 659. The highest BCUT2D eigenvalue weighted by Gasteiger charge is 2.25. The highest BCUT2D eigenvalue weighted by molar-refractivity contribution is 5.91. The zero-order chi connectivity index (χ0) is 14.9. The van der Waals surface area contributed by atoms with E-state index in [1.807, 2.05) is 19.9 Å². The molecular formula is C16H16O4. The lowest BCUT2D eigenvalue weighted by atomic mass is 9.77. The Morgan fingerprint density at radius 3 is 2.25 bits per heavy atom. The molecule has 0 atom stereocenters. The van der Waals surface area contributed by atoms with Crippen molar-refractivity contribution in [2.45, 2.75) is 19.3 Å². The molecule has 2 aromatic carbocycles. The quantitative estimate of drug-likeness (QED) is 0.802. The number of phenolic OH excluding ortho intramolecular Hbond substituents is 1. The number of phenols is 2. The molecule has 0 spiro atoms. The van der Waals surface area contributed by atoms with E-state index >= 15 is 0 Å². The molecule has 4 heteroatoms. The molecule has 0 aromatic heterocycles. The van der Waals surface area contributed by atoms with Gasteiger partial charge in [-0.2, -0.15) is 0 Å². The highest BCUT2D eigenvalue weighted by Crippen LogP contribution is 2.34. The summed E-state index contributed by atoms with van der Waals surface area (Å²) >= 11 is 0. The second kappa shape index (κ2) is 4.89. The second-order valence-electron chi connectivity index (χ2n) is 5.21. The Kier molecular flexibility index (Phi) is 3.40. The Hall–Kier alpha value is -2.49. The summed E-state index contributed by atoms with van der Waals surface area (Å²) < 4.78 is 0. The third-order valence-electron chi connectivity index (χ3n) is 3.52. The van der Waals surface area contributed by atoms with Crippen LogP contribution in [-0.2, 0) is 5.41 Å². The molecule has 20 heavy (non-hydrogen) atoms. The first-order valence-corrected chi connectivity index (χ1v) is 6.18. The molecule has 4 nitrogen and oxygen atoms in total. The van der Waals surface area contributed by atoms with Crippen molar-refractivity contribution >= 4 is 5.97 Å². The smallest absolute Gasteiger partial charge is 0.339 e. The van der Waals surface area contributed by atoms with Crippen LogP contribution in [0.4, 0.5) is 0 Å². The summed E-state index contributed by atoms with van der Waals surface area (Å²) in [6, 6.07) is 11.4. The highest BCUT2D eigenvalue weighted by atomic mass is 16.4. The minimum absolute atomic E-state index is 0.129. The molecule has 0 bridgehead atoms. The van der Waals surface area contributed by atoms with Crippen molar-refractivity contribution in [2.75, 3.05) is 0 Å². The van der Waals surface area contributed by atoms with Gasteiger partial charge in [0.05, 0.1) is 0 Å². The molecule has 0 unspecified atom stereocenters. The van der Waals surface area contributed by atoms with Crippen molar-refractivity contribution < 1.29 is 20.1 Å². The van der Waals surface area contributed by atoms with E-state index in [1.54, 1.807) is 24.3 Å². The molecule has 0 saturated carbocycles. The van der Waals surface area contributed by atoms with Gasteiger partial charge in [-0.3, -0.25) is 0 Å². The number of carboxylic acids is 1. The summed E-state index contributed by atoms with van der Waals surface area (Å²) in [6.07, 6.45) is 0. The van der Waals surface area contributed by atoms with Crippen LogP contribution in [-0.4, -0.2) is 21.3 Å². The SMILES string of the molecule is CC(C)(c1cccc(O)c1)c1ccc(O)c(C(=O)O)c1. The number of hydrogen-bond donors (Lipinski definition) is 3. The van der Waals surface area contributed by atoms with E-state index in [0.29, 0.717) is 0 Å². The molecule has 0 radical (unpaired) electrons. The summed E-state index contributed by atoms with van der Waals surface area (Å²) in [7, 11) is 0. The van der Waals surface area contributed by atoms with E-state index in [2.05, 4.69) is 0 Å². The number of carbonyl (C=O) groups is 1. The van der Waals surface area contributed by atoms with Crippen LogP contribution in [0.3, 0.4) is 0 Å². The van der Waals surface area contributed by atoms with Crippen LogP contribution in [0.2, 0.25) is 0 Å². The van der Waals surface area contributed by atoms with Gasteiger partial charge in [0.1, 0.15) is 17.1 Å². The second-order valence-corrected chi connectivity index (χ2v) is 5.21. The fourth-order valence-electron chi connectivity index (χ4n) is 2.16. The van der Waals surface area contributed by atoms with Crippen LogP contribution >= 0.6 is 0 Å². The van der Waals surface area contributed by atoms with Crippen LogP contribution in [0.25, 0.3) is 0 Å². The van der Waals surface area contributed by atoms with Gasteiger partial charge >= 0.3 is 5.97 Å². The zero-order valence-corrected chi connectivity index (χ0v) is 11.3. The molecule has 0 heterocycles. The third-order valence-corrected chi connectivity index (χ3v) is 3.52. The van der Waals surface area contributed by atoms with E-state index in [1.165, 1.54) is 12.1 Å². The van der Waals surface area contributed by atoms with Crippen molar-refractivity contribution in [2.24, 2.45) is 0 Å². The number of benzene rings is 2. The Morgan fingerprint density at radius 2 is 1.65 bits per heavy atom. The maximum absolute atomic E-state index is 11.1. The van der Waals surface area contributed by atoms with E-state index in [0.717, 1.165) is 11.1 Å². The normalized spacial score (nSPS) is 11.3. The number of carboxylic acid groups (broad SMARTS) is 1. The largest absolute Gasteiger partial charge is 0.508 e. The number of aromatic hydroxyl groups is 2. The van der Waals surface area contributed by atoms with E-state index in [4.69, 9.17) is 5.11 Å². The lowest BCUT2D eigenvalue weighted by Crippen LogP contribution is -2.19. The Morgan fingerprint density at radius 1 is 1.00 bits per heavy atom. The van der Waals surface area contributed by atoms with Gasteiger partial charge in [-0.15, -0.1) is 0 Å². The van der Waals surface area contributed by atoms with Crippen LogP contribution in [0.15, 0.2) is 42.5 Å². The average Bonchev–Trinajstić information content (AvgIpc) is 2.38. The van der Waals surface area contributed by atoms with Crippen LogP contribution in [0.1, 0.15) is 35.3 Å². The summed E-state index contributed by atoms with van der Waals surface area (Å²) in [5.74, 6) is -1.27. The lowest BCUT2D eigenvalue weighted by molar-refractivity contribution is 0.0693. The summed E-state index contributed by atoms with van der Waals surface area (Å²) in [5.41, 5.74) is 0.991. The fourth-order valence-corrected chi connectivity index (χ4v) is 2.16. The molecule has 3 N–H and O–H groups in total. The van der Waals surface area contributed by atoms with Gasteiger partial charge in [-0.1, -0.05) is 32.0 Å². The Labute approximate surface area is 116 Å². The zero-order valence-electron chi connectivity index (χ0n) is 11.3. The third kappa shape index (κ3) is 2.45. The molecule has 2 rings (SSSR count). The maximum Gasteiger partial charge on any atom is 0.339 e. The maximum atomic E-state index is 11.1. The van der Waals surface area contributed by atoms with Crippen molar-refractivity contribution in [3.8, 4) is 11.5 Å². The number of rotatable bonds is 3. The van der Waals surface area contributed by atoms with Gasteiger partial charge in [0.2, 0.25) is 0 Å². The van der Waals surface area contributed by atoms with Crippen molar-refractivity contribution in [3.05, 3.63) is 59.2 Å². The van der Waals surface area contributed by atoms with Gasteiger partial charge in [-0.05, 0) is 35.4 Å². The predicted molar refractivity (Wildman–Crippen MR) is 75.3 cm³/mol. The number of hydrogen-bond acceptors (Lipinski definition) is 3. The molecule has 0 fully saturated rings. The molecule has 0 aliphatic heterocycles. The first-order chi connectivity index (χ1) is 9.32. The summed E-state index contributed by atoms with van der Waals surface area (Å²) in [4.78, 5) is 11.1. The van der Waals surface area contributed by atoms with E-state index in [-0.39, 0.29) is 17.1 Å². The fraction of sp³-hybridized carbons (Fsp3) is 0.188. The first kappa shape index (κ1) is 13.9. The topological polar surface area (TPSA) is 77.8 Å². The van der Waals surface area contributed by atoms with Crippen molar-refractivity contribution in [1.82, 2.24) is 0 Å². The Balaban J connectivity index is 2.54. The van der Waals surface area contributed by atoms with E-state index < -0.39 is 11.4 Å². The molecule has 2 aromatic rings. The van der Waals surface area contributed by atoms with Gasteiger partial charge < -0.3 is 15.3 Å². The van der Waals surface area contributed by atoms with Gasteiger partial charge in [0.25, 0.3) is 0 Å². The molecule has 0 aliphatic carbocycles. The van der Waals surface area contributed by atoms with Gasteiger partial charge in [0, 0.05) is 5.41 Å². The van der Waals surface area contributed by atoms with Crippen LogP contribution in [0.5, 0.6) is 11.5 Å². The first-order valence-electron chi connectivity index (χ1n) is 6.18. The lowest BCUT2D eigenvalue weighted by Gasteiger charge is -2.26. The van der Waals surface area contributed by atoms with Crippen LogP contribution in [0, 0.1) is 0 Å². The minimum atomic E-state index is -1.17. The van der Waals surface area contributed by atoms with Gasteiger partial charge in [-0.25, -0.2) is 4.79 Å². The molecule has 104 valence electrons. The molecule has 0 saturated heterocycles. The van der Waals surface area contributed by atoms with Crippen molar-refractivity contribution in [3.63, 3.8) is 0 Å². The number of aromatic carboxylic acids is 1. The molecular weight excluding hydrogens is 256 g/mol. The molecule has 0 aliphatic rings. The van der Waals surface area contributed by atoms with Gasteiger partial charge in [0.15, 0.2) is 0 Å². The standard InChI is InChI=1S/C16H16O4/c1-16(2,10-4-3-5-12(17)8-10)11-6-7-14(18)13(9-11)15(19)20/h3-9,17-18H,1-2H3,(H,19,20). The predicted octanol–water partition coefficient (Wildman–Crippen LogP) is 3.12. The summed E-state index contributed by atoms with van der Waals surface area (Å²) in [5, 5.41) is 28.2. The van der Waals surface area contributed by atoms with Crippen LogP contribution < -0.4 is 0 Å². The summed E-state index contributed by atoms with van der Waals surface area (Å²) in [6.45, 7) is 3.86. The minimum Gasteiger partial charge on any atom is -0.508 e. The van der Waals surface area contributed by atoms with Crippen molar-refractivity contribution in [1.29, 1.82) is 0 Å². The molecule has 0 amide bonds.